The lowest BCUT2D eigenvalue weighted by atomic mass is 10.1. The molecule has 24 heavy (non-hydrogen) atoms. The van der Waals surface area contributed by atoms with Crippen LogP contribution in [0.4, 0.5) is 11.5 Å². The maximum absolute atomic E-state index is 9.29. The van der Waals surface area contributed by atoms with E-state index in [2.05, 4.69) is 20.9 Å². The Kier molecular flexibility index (Phi) is 4.84. The zero-order chi connectivity index (χ0) is 16.9. The predicted octanol–water partition coefficient (Wildman–Crippen LogP) is 3.20. The minimum atomic E-state index is 0.461. The second-order valence-corrected chi connectivity index (χ2v) is 6.01. The molecule has 0 atom stereocenters. The van der Waals surface area contributed by atoms with E-state index < -0.39 is 0 Å². The molecular weight excluding hydrogens is 322 g/mol. The van der Waals surface area contributed by atoms with E-state index in [1.54, 1.807) is 12.3 Å². The Morgan fingerprint density at radius 2 is 1.75 bits per heavy atom. The Morgan fingerprint density at radius 3 is 2.50 bits per heavy atom. The minimum Gasteiger partial charge on any atom is -0.369 e. The van der Waals surface area contributed by atoms with Crippen molar-refractivity contribution in [3.8, 4) is 12.1 Å². The van der Waals surface area contributed by atoms with Gasteiger partial charge in [-0.15, -0.1) is 0 Å². The fourth-order valence-electron chi connectivity index (χ4n) is 2.94. The second kappa shape index (κ2) is 7.21. The molecule has 0 saturated carbocycles. The van der Waals surface area contributed by atoms with Crippen LogP contribution in [0.2, 0.25) is 5.02 Å². The topological polar surface area (TPSA) is 67.0 Å². The Labute approximate surface area is 146 Å². The van der Waals surface area contributed by atoms with Crippen molar-refractivity contribution in [2.45, 2.75) is 6.42 Å². The summed E-state index contributed by atoms with van der Waals surface area (Å²) in [5.41, 5.74) is 2.13. The molecule has 0 spiro atoms. The minimum absolute atomic E-state index is 0.461. The van der Waals surface area contributed by atoms with Crippen molar-refractivity contribution in [1.29, 1.82) is 10.5 Å². The zero-order valence-corrected chi connectivity index (χ0v) is 13.9. The van der Waals surface area contributed by atoms with Gasteiger partial charge in [-0.3, -0.25) is 0 Å². The van der Waals surface area contributed by atoms with Crippen molar-refractivity contribution in [2.75, 3.05) is 36.0 Å². The summed E-state index contributed by atoms with van der Waals surface area (Å²) >= 11 is 6.28. The van der Waals surface area contributed by atoms with Crippen LogP contribution in [0.3, 0.4) is 0 Å². The van der Waals surface area contributed by atoms with Gasteiger partial charge in [-0.2, -0.15) is 10.5 Å². The van der Waals surface area contributed by atoms with Crippen LogP contribution in [0.1, 0.15) is 17.5 Å². The molecule has 0 unspecified atom stereocenters. The average molecular weight is 338 g/mol. The predicted molar refractivity (Wildman–Crippen MR) is 94.2 cm³/mol. The van der Waals surface area contributed by atoms with Gasteiger partial charge in [0.05, 0.1) is 21.8 Å². The molecule has 0 aliphatic carbocycles. The molecule has 1 fully saturated rings. The quantitative estimate of drug-likeness (QED) is 0.841. The smallest absolute Gasteiger partial charge is 0.147 e. The van der Waals surface area contributed by atoms with Gasteiger partial charge < -0.3 is 9.80 Å². The fourth-order valence-corrected chi connectivity index (χ4v) is 3.22. The Hall–Kier alpha value is -2.76. The number of aromatic nitrogens is 1. The lowest BCUT2D eigenvalue weighted by molar-refractivity contribution is 0.797. The normalized spacial score (nSPS) is 14.6. The van der Waals surface area contributed by atoms with Gasteiger partial charge in [0.2, 0.25) is 0 Å². The van der Waals surface area contributed by atoms with Crippen LogP contribution in [0, 0.1) is 22.7 Å². The first-order chi connectivity index (χ1) is 11.7. The van der Waals surface area contributed by atoms with Gasteiger partial charge in [0.25, 0.3) is 0 Å². The molecule has 1 aromatic carbocycles. The van der Waals surface area contributed by atoms with Crippen LogP contribution in [0.25, 0.3) is 0 Å². The molecule has 0 radical (unpaired) electrons. The number of hydrogen-bond donors (Lipinski definition) is 0. The molecule has 1 aromatic heterocycles. The molecule has 0 amide bonds. The highest BCUT2D eigenvalue weighted by Gasteiger charge is 2.19. The lowest BCUT2D eigenvalue weighted by Gasteiger charge is -2.25. The molecule has 0 N–H and O–H groups in total. The summed E-state index contributed by atoms with van der Waals surface area (Å²) < 4.78 is 0. The Morgan fingerprint density at radius 1 is 1.00 bits per heavy atom. The average Bonchev–Trinajstić information content (AvgIpc) is 2.87. The number of para-hydroxylation sites is 1. The van der Waals surface area contributed by atoms with Crippen molar-refractivity contribution in [1.82, 2.24) is 4.98 Å². The van der Waals surface area contributed by atoms with Crippen LogP contribution in [-0.2, 0) is 0 Å². The summed E-state index contributed by atoms with van der Waals surface area (Å²) in [5, 5.41) is 18.7. The number of anilines is 2. The lowest BCUT2D eigenvalue weighted by Crippen LogP contribution is -2.31. The van der Waals surface area contributed by atoms with Gasteiger partial charge >= 0.3 is 0 Å². The van der Waals surface area contributed by atoms with Crippen LogP contribution >= 0.6 is 11.6 Å². The van der Waals surface area contributed by atoms with Gasteiger partial charge in [0.15, 0.2) is 0 Å². The fraction of sp³-hybridized carbons (Fsp3) is 0.278. The SMILES string of the molecule is N#Cc1cnc(N2CCCN(c3ccccc3C#N)CC2)c(Cl)c1. The van der Waals surface area contributed by atoms with Gasteiger partial charge in [-0.1, -0.05) is 23.7 Å². The number of nitrogens with zero attached hydrogens (tertiary/aromatic N) is 5. The maximum Gasteiger partial charge on any atom is 0.147 e. The summed E-state index contributed by atoms with van der Waals surface area (Å²) in [6.07, 6.45) is 2.49. The highest BCUT2D eigenvalue weighted by Crippen LogP contribution is 2.27. The molecule has 3 rings (SSSR count). The third kappa shape index (κ3) is 3.27. The van der Waals surface area contributed by atoms with E-state index in [9.17, 15) is 5.26 Å². The van der Waals surface area contributed by atoms with E-state index in [4.69, 9.17) is 16.9 Å². The number of nitriles is 2. The van der Waals surface area contributed by atoms with E-state index in [1.165, 1.54) is 0 Å². The molecule has 2 aromatic rings. The van der Waals surface area contributed by atoms with Crippen molar-refractivity contribution >= 4 is 23.1 Å². The van der Waals surface area contributed by atoms with Crippen LogP contribution in [-0.4, -0.2) is 31.2 Å². The molecule has 1 saturated heterocycles. The Balaban J connectivity index is 1.79. The molecule has 6 heteroatoms. The van der Waals surface area contributed by atoms with E-state index in [-0.39, 0.29) is 0 Å². The number of pyridine rings is 1. The monoisotopic (exact) mass is 337 g/mol. The summed E-state index contributed by atoms with van der Waals surface area (Å²) in [5.74, 6) is 0.714. The van der Waals surface area contributed by atoms with Crippen molar-refractivity contribution in [3.63, 3.8) is 0 Å². The summed E-state index contributed by atoms with van der Waals surface area (Å²) in [6, 6.07) is 13.6. The molecule has 5 nitrogen and oxygen atoms in total. The molecule has 120 valence electrons. The van der Waals surface area contributed by atoms with Crippen LogP contribution in [0.5, 0.6) is 0 Å². The van der Waals surface area contributed by atoms with E-state index in [0.717, 1.165) is 38.3 Å². The van der Waals surface area contributed by atoms with E-state index in [0.29, 0.717) is 22.0 Å². The summed E-state index contributed by atoms with van der Waals surface area (Å²) in [4.78, 5) is 8.72. The zero-order valence-electron chi connectivity index (χ0n) is 13.1. The second-order valence-electron chi connectivity index (χ2n) is 5.60. The van der Waals surface area contributed by atoms with Crippen molar-refractivity contribution in [2.24, 2.45) is 0 Å². The van der Waals surface area contributed by atoms with Gasteiger partial charge in [-0.05, 0) is 24.6 Å². The first-order valence-corrected chi connectivity index (χ1v) is 8.15. The van der Waals surface area contributed by atoms with E-state index >= 15 is 0 Å². The molecule has 1 aliphatic rings. The van der Waals surface area contributed by atoms with Gasteiger partial charge in [-0.25, -0.2) is 4.98 Å². The van der Waals surface area contributed by atoms with E-state index in [1.807, 2.05) is 30.3 Å². The maximum atomic E-state index is 9.29. The van der Waals surface area contributed by atoms with Gasteiger partial charge in [0.1, 0.15) is 18.0 Å². The highest BCUT2D eigenvalue weighted by atomic mass is 35.5. The summed E-state index contributed by atoms with van der Waals surface area (Å²) in [7, 11) is 0. The number of hydrogen-bond acceptors (Lipinski definition) is 5. The molecule has 2 heterocycles. The van der Waals surface area contributed by atoms with Crippen LogP contribution < -0.4 is 9.80 Å². The standard InChI is InChI=1S/C18H16ClN5/c19-16-10-14(11-20)13-22-18(16)24-7-3-6-23(8-9-24)17-5-2-1-4-15(17)12-21/h1-2,4-5,10,13H,3,6-9H2. The first-order valence-electron chi connectivity index (χ1n) is 7.77. The Bertz CT molecular complexity index is 821. The molecular formula is C18H16ClN5. The van der Waals surface area contributed by atoms with Crippen molar-refractivity contribution < 1.29 is 0 Å². The number of halogens is 1. The molecule has 1 aliphatic heterocycles. The van der Waals surface area contributed by atoms with Crippen molar-refractivity contribution in [3.05, 3.63) is 52.7 Å². The third-order valence-electron chi connectivity index (χ3n) is 4.11. The first kappa shape index (κ1) is 16.1. The largest absolute Gasteiger partial charge is 0.369 e. The van der Waals surface area contributed by atoms with Gasteiger partial charge in [0, 0.05) is 32.4 Å². The summed E-state index contributed by atoms with van der Waals surface area (Å²) in [6.45, 7) is 3.27. The third-order valence-corrected chi connectivity index (χ3v) is 4.39. The highest BCUT2D eigenvalue weighted by molar-refractivity contribution is 6.33. The van der Waals surface area contributed by atoms with Crippen LogP contribution in [0.15, 0.2) is 36.5 Å². The molecule has 0 bridgehead atoms. The number of benzene rings is 1. The number of rotatable bonds is 2.